The summed E-state index contributed by atoms with van der Waals surface area (Å²) in [6.07, 6.45) is 3.22. The Labute approximate surface area is 153 Å². The van der Waals surface area contributed by atoms with E-state index in [-0.39, 0.29) is 18.4 Å². The third-order valence-electron chi connectivity index (χ3n) is 4.77. The van der Waals surface area contributed by atoms with Crippen LogP contribution in [0.15, 0.2) is 28.9 Å². The number of nitrogens with one attached hydrogen (secondary N) is 1. The van der Waals surface area contributed by atoms with Crippen LogP contribution in [-0.4, -0.2) is 46.4 Å². The number of piperidine rings is 1. The van der Waals surface area contributed by atoms with Crippen LogP contribution in [-0.2, 0) is 0 Å². The molecular formula is C19H26N4O3. The van der Waals surface area contributed by atoms with Crippen LogP contribution < -0.4 is 10.2 Å². The standard InChI is InChI=1S/C19H26N4O3/c1-13(2)17-16(14(3)26-22-17)18(24)21-11-19(25)8-6-10-23(12-19)15-7-4-5-9-20-15/h4-5,7,9,13,25H,6,8,10-12H2,1-3H3,(H,21,24)/t19-/m1/s1. The predicted molar refractivity (Wildman–Crippen MR) is 98.3 cm³/mol. The first-order chi connectivity index (χ1) is 12.4. The molecule has 0 bridgehead atoms. The zero-order valence-electron chi connectivity index (χ0n) is 15.5. The SMILES string of the molecule is Cc1onc(C(C)C)c1C(=O)NC[C@]1(O)CCCN(c2ccccn2)C1. The van der Waals surface area contributed by atoms with Gasteiger partial charge in [-0.1, -0.05) is 25.1 Å². The molecule has 0 unspecified atom stereocenters. The Morgan fingerprint density at radius 1 is 1.46 bits per heavy atom. The van der Waals surface area contributed by atoms with Gasteiger partial charge in [-0.25, -0.2) is 4.98 Å². The third kappa shape index (κ3) is 3.88. The van der Waals surface area contributed by atoms with Crippen molar-refractivity contribution in [1.82, 2.24) is 15.5 Å². The number of pyridine rings is 1. The number of hydrogen-bond acceptors (Lipinski definition) is 6. The van der Waals surface area contributed by atoms with Gasteiger partial charge in [-0.15, -0.1) is 0 Å². The lowest BCUT2D eigenvalue weighted by molar-refractivity contribution is 0.0254. The summed E-state index contributed by atoms with van der Waals surface area (Å²) in [4.78, 5) is 19.0. The summed E-state index contributed by atoms with van der Waals surface area (Å²) < 4.78 is 5.18. The second kappa shape index (κ2) is 7.45. The highest BCUT2D eigenvalue weighted by molar-refractivity contribution is 5.96. The maximum atomic E-state index is 12.6. The number of aliphatic hydroxyl groups is 1. The molecule has 7 nitrogen and oxygen atoms in total. The summed E-state index contributed by atoms with van der Waals surface area (Å²) in [5.41, 5.74) is 0.126. The highest BCUT2D eigenvalue weighted by Gasteiger charge is 2.35. The fourth-order valence-corrected chi connectivity index (χ4v) is 3.39. The fourth-order valence-electron chi connectivity index (χ4n) is 3.39. The van der Waals surface area contributed by atoms with Crippen LogP contribution in [0.25, 0.3) is 0 Å². The summed E-state index contributed by atoms with van der Waals surface area (Å²) in [5.74, 6) is 1.17. The van der Waals surface area contributed by atoms with Crippen molar-refractivity contribution in [1.29, 1.82) is 0 Å². The van der Waals surface area contributed by atoms with Crippen molar-refractivity contribution in [3.05, 3.63) is 41.4 Å². The van der Waals surface area contributed by atoms with E-state index in [0.717, 1.165) is 18.8 Å². The molecular weight excluding hydrogens is 332 g/mol. The maximum Gasteiger partial charge on any atom is 0.256 e. The van der Waals surface area contributed by atoms with Gasteiger partial charge in [0.15, 0.2) is 0 Å². The monoisotopic (exact) mass is 358 g/mol. The highest BCUT2D eigenvalue weighted by atomic mass is 16.5. The molecule has 3 heterocycles. The molecule has 3 rings (SSSR count). The first-order valence-electron chi connectivity index (χ1n) is 9.02. The van der Waals surface area contributed by atoms with Gasteiger partial charge in [-0.3, -0.25) is 4.79 Å². The zero-order chi connectivity index (χ0) is 18.7. The number of anilines is 1. The van der Waals surface area contributed by atoms with Crippen LogP contribution in [0.4, 0.5) is 5.82 Å². The molecule has 140 valence electrons. The normalized spacial score (nSPS) is 20.4. The third-order valence-corrected chi connectivity index (χ3v) is 4.77. The molecule has 2 aromatic heterocycles. The van der Waals surface area contributed by atoms with Crippen LogP contribution >= 0.6 is 0 Å². The van der Waals surface area contributed by atoms with E-state index in [0.29, 0.717) is 30.0 Å². The molecule has 2 aromatic rings. The lowest BCUT2D eigenvalue weighted by Crippen LogP contribution is -2.54. The van der Waals surface area contributed by atoms with Gasteiger partial charge in [0.25, 0.3) is 5.91 Å². The number of rotatable bonds is 5. The van der Waals surface area contributed by atoms with E-state index in [1.807, 2.05) is 32.0 Å². The van der Waals surface area contributed by atoms with Crippen molar-refractivity contribution in [3.63, 3.8) is 0 Å². The summed E-state index contributed by atoms with van der Waals surface area (Å²) in [6.45, 7) is 7.11. The Hall–Kier alpha value is -2.41. The molecule has 1 amide bonds. The van der Waals surface area contributed by atoms with Crippen LogP contribution in [0.5, 0.6) is 0 Å². The van der Waals surface area contributed by atoms with E-state index in [4.69, 9.17) is 4.52 Å². The van der Waals surface area contributed by atoms with Gasteiger partial charge in [-0.2, -0.15) is 0 Å². The van der Waals surface area contributed by atoms with Gasteiger partial charge in [-0.05, 0) is 37.8 Å². The minimum Gasteiger partial charge on any atom is -0.386 e. The smallest absolute Gasteiger partial charge is 0.256 e. The van der Waals surface area contributed by atoms with Crippen LogP contribution in [0.1, 0.15) is 54.4 Å². The van der Waals surface area contributed by atoms with Crippen molar-refractivity contribution >= 4 is 11.7 Å². The molecule has 26 heavy (non-hydrogen) atoms. The number of amides is 1. The first-order valence-corrected chi connectivity index (χ1v) is 9.02. The van der Waals surface area contributed by atoms with E-state index < -0.39 is 5.60 Å². The summed E-state index contributed by atoms with van der Waals surface area (Å²) in [5, 5.41) is 17.8. The number of carbonyl (C=O) groups excluding carboxylic acids is 1. The van der Waals surface area contributed by atoms with E-state index in [1.165, 1.54) is 0 Å². The first kappa shape index (κ1) is 18.4. The summed E-state index contributed by atoms with van der Waals surface area (Å²) >= 11 is 0. The molecule has 0 saturated carbocycles. The Morgan fingerprint density at radius 2 is 2.27 bits per heavy atom. The highest BCUT2D eigenvalue weighted by Crippen LogP contribution is 2.25. The molecule has 1 atom stereocenters. The number of aromatic nitrogens is 2. The van der Waals surface area contributed by atoms with Gasteiger partial charge in [0, 0.05) is 25.8 Å². The van der Waals surface area contributed by atoms with Crippen molar-refractivity contribution in [2.24, 2.45) is 0 Å². The second-order valence-corrected chi connectivity index (χ2v) is 7.27. The second-order valence-electron chi connectivity index (χ2n) is 7.27. The average molecular weight is 358 g/mol. The Balaban J connectivity index is 1.67. The number of β-amino-alcohol motifs (C(OH)–C–C–N with tert-alkyl or cyclic N) is 1. The van der Waals surface area contributed by atoms with E-state index >= 15 is 0 Å². The number of carbonyl (C=O) groups is 1. The predicted octanol–water partition coefficient (Wildman–Crippen LogP) is 2.26. The average Bonchev–Trinajstić information content (AvgIpc) is 3.02. The molecule has 1 aliphatic rings. The maximum absolute atomic E-state index is 12.6. The molecule has 2 N–H and O–H groups in total. The van der Waals surface area contributed by atoms with Crippen molar-refractivity contribution in [2.75, 3.05) is 24.5 Å². The van der Waals surface area contributed by atoms with Gasteiger partial charge in [0.2, 0.25) is 0 Å². The number of nitrogens with zero attached hydrogens (tertiary/aromatic N) is 3. The Morgan fingerprint density at radius 3 is 2.96 bits per heavy atom. The van der Waals surface area contributed by atoms with Gasteiger partial charge in [0.05, 0.1) is 11.3 Å². The summed E-state index contributed by atoms with van der Waals surface area (Å²) in [6, 6.07) is 5.73. The van der Waals surface area contributed by atoms with Crippen LogP contribution in [0, 0.1) is 6.92 Å². The zero-order valence-corrected chi connectivity index (χ0v) is 15.5. The van der Waals surface area contributed by atoms with Crippen molar-refractivity contribution in [2.45, 2.75) is 45.1 Å². The molecule has 0 aromatic carbocycles. The minimum atomic E-state index is -0.992. The molecule has 1 aliphatic heterocycles. The van der Waals surface area contributed by atoms with E-state index in [1.54, 1.807) is 13.1 Å². The lowest BCUT2D eigenvalue weighted by Gasteiger charge is -2.39. The Bertz CT molecular complexity index is 759. The topological polar surface area (TPSA) is 91.5 Å². The van der Waals surface area contributed by atoms with Gasteiger partial charge < -0.3 is 19.8 Å². The fraction of sp³-hybridized carbons (Fsp3) is 0.526. The molecule has 1 saturated heterocycles. The number of hydrogen-bond donors (Lipinski definition) is 2. The number of aryl methyl sites for hydroxylation is 1. The summed E-state index contributed by atoms with van der Waals surface area (Å²) in [7, 11) is 0. The van der Waals surface area contributed by atoms with Gasteiger partial charge >= 0.3 is 0 Å². The van der Waals surface area contributed by atoms with E-state index in [2.05, 4.69) is 20.4 Å². The van der Waals surface area contributed by atoms with Crippen LogP contribution in [0.3, 0.4) is 0 Å². The minimum absolute atomic E-state index is 0.0885. The molecule has 1 fully saturated rings. The molecule has 0 spiro atoms. The van der Waals surface area contributed by atoms with Crippen LogP contribution in [0.2, 0.25) is 0 Å². The molecule has 7 heteroatoms. The quantitative estimate of drug-likeness (QED) is 0.852. The molecule has 0 aliphatic carbocycles. The Kier molecular flexibility index (Phi) is 5.27. The van der Waals surface area contributed by atoms with Crippen molar-refractivity contribution in [3.8, 4) is 0 Å². The largest absolute Gasteiger partial charge is 0.386 e. The van der Waals surface area contributed by atoms with E-state index in [9.17, 15) is 9.90 Å². The van der Waals surface area contributed by atoms with Gasteiger partial charge in [0.1, 0.15) is 17.1 Å². The molecule has 0 radical (unpaired) electrons. The van der Waals surface area contributed by atoms with Crippen molar-refractivity contribution < 1.29 is 14.4 Å². The lowest BCUT2D eigenvalue weighted by atomic mass is 9.92.